The zero-order valence-electron chi connectivity index (χ0n) is 11.2. The van der Waals surface area contributed by atoms with Gasteiger partial charge in [0.15, 0.2) is 0 Å². The molecule has 1 aliphatic heterocycles. The van der Waals surface area contributed by atoms with Gasteiger partial charge in [0.25, 0.3) is 11.7 Å². The van der Waals surface area contributed by atoms with E-state index in [1.807, 2.05) is 20.8 Å². The lowest BCUT2D eigenvalue weighted by atomic mass is 10.1. The number of rotatable bonds is 3. The first-order valence-corrected chi connectivity index (χ1v) is 6.88. The predicted molar refractivity (Wildman–Crippen MR) is 76.5 cm³/mol. The predicted octanol–water partition coefficient (Wildman–Crippen LogP) is 2.79. The van der Waals surface area contributed by atoms with Crippen molar-refractivity contribution in [3.8, 4) is 0 Å². The van der Waals surface area contributed by atoms with Gasteiger partial charge in [-0.3, -0.25) is 9.59 Å². The minimum Gasteiger partial charge on any atom is -0.374 e. The van der Waals surface area contributed by atoms with E-state index in [4.69, 9.17) is 4.74 Å². The normalized spacial score (nSPS) is 15.1. The number of halogens is 1. The molecule has 19 heavy (non-hydrogen) atoms. The fraction of sp³-hybridized carbons (Fsp3) is 0.429. The first kappa shape index (κ1) is 14.2. The van der Waals surface area contributed by atoms with Crippen molar-refractivity contribution in [2.45, 2.75) is 26.4 Å². The Labute approximate surface area is 120 Å². The van der Waals surface area contributed by atoms with Crippen molar-refractivity contribution in [3.63, 3.8) is 0 Å². The highest BCUT2D eigenvalue weighted by Crippen LogP contribution is 2.31. The second kappa shape index (κ2) is 5.06. The van der Waals surface area contributed by atoms with E-state index in [0.29, 0.717) is 24.4 Å². The van der Waals surface area contributed by atoms with Crippen LogP contribution in [0.15, 0.2) is 22.7 Å². The lowest BCUT2D eigenvalue weighted by molar-refractivity contribution is -0.114. The van der Waals surface area contributed by atoms with Gasteiger partial charge in [0.2, 0.25) is 0 Å². The van der Waals surface area contributed by atoms with E-state index >= 15 is 0 Å². The molecule has 0 unspecified atom stereocenters. The molecular formula is C14H16BrNO3. The molecule has 5 heteroatoms. The van der Waals surface area contributed by atoms with Crippen LogP contribution in [0.5, 0.6) is 0 Å². The molecule has 0 fully saturated rings. The highest BCUT2D eigenvalue weighted by Gasteiger charge is 2.35. The lowest BCUT2D eigenvalue weighted by Crippen LogP contribution is -2.34. The van der Waals surface area contributed by atoms with Crippen molar-refractivity contribution >= 4 is 33.3 Å². The Morgan fingerprint density at radius 3 is 2.58 bits per heavy atom. The standard InChI is InChI=1S/C14H16BrNO3/c1-14(2,3)19-7-6-16-11-8-9(15)4-5-10(11)12(17)13(16)18/h4-5,8H,6-7H2,1-3H3. The maximum atomic E-state index is 11.9. The minimum atomic E-state index is -0.481. The van der Waals surface area contributed by atoms with Crippen molar-refractivity contribution in [2.75, 3.05) is 18.1 Å². The molecule has 0 spiro atoms. The van der Waals surface area contributed by atoms with Crippen LogP contribution in [0.1, 0.15) is 31.1 Å². The van der Waals surface area contributed by atoms with Crippen LogP contribution >= 0.6 is 15.9 Å². The molecule has 0 aliphatic carbocycles. The van der Waals surface area contributed by atoms with Crippen LogP contribution in [-0.4, -0.2) is 30.4 Å². The quantitative estimate of drug-likeness (QED) is 0.803. The Balaban J connectivity index is 2.16. The maximum absolute atomic E-state index is 11.9. The minimum absolute atomic E-state index is 0.257. The summed E-state index contributed by atoms with van der Waals surface area (Å²) in [6.07, 6.45) is 0. The van der Waals surface area contributed by atoms with Crippen molar-refractivity contribution in [1.82, 2.24) is 0 Å². The van der Waals surface area contributed by atoms with Gasteiger partial charge in [-0.2, -0.15) is 0 Å². The average molecular weight is 326 g/mol. The summed E-state index contributed by atoms with van der Waals surface area (Å²) >= 11 is 3.35. The van der Waals surface area contributed by atoms with Gasteiger partial charge in [-0.1, -0.05) is 15.9 Å². The number of hydrogen-bond donors (Lipinski definition) is 0. The number of nitrogens with zero attached hydrogens (tertiary/aromatic N) is 1. The Morgan fingerprint density at radius 1 is 1.26 bits per heavy atom. The second-order valence-corrected chi connectivity index (χ2v) is 6.32. The summed E-state index contributed by atoms with van der Waals surface area (Å²) in [5.41, 5.74) is 0.859. The van der Waals surface area contributed by atoms with Crippen molar-refractivity contribution in [1.29, 1.82) is 0 Å². The summed E-state index contributed by atoms with van der Waals surface area (Å²) in [7, 11) is 0. The van der Waals surface area contributed by atoms with Gasteiger partial charge in [-0.05, 0) is 39.0 Å². The first-order chi connectivity index (χ1) is 8.79. The molecule has 1 amide bonds. The number of ketones is 1. The third kappa shape index (κ3) is 3.04. The highest BCUT2D eigenvalue weighted by atomic mass is 79.9. The molecule has 1 heterocycles. The number of Topliss-reactive ketones (excluding diaryl/α,β-unsaturated/α-hetero) is 1. The van der Waals surface area contributed by atoms with Gasteiger partial charge < -0.3 is 9.64 Å². The summed E-state index contributed by atoms with van der Waals surface area (Å²) in [6, 6.07) is 5.22. The fourth-order valence-electron chi connectivity index (χ4n) is 1.93. The number of amides is 1. The van der Waals surface area contributed by atoms with Gasteiger partial charge in [0.1, 0.15) is 0 Å². The monoisotopic (exact) mass is 325 g/mol. The molecule has 1 aliphatic rings. The molecule has 0 N–H and O–H groups in total. The van der Waals surface area contributed by atoms with E-state index in [9.17, 15) is 9.59 Å². The van der Waals surface area contributed by atoms with Crippen LogP contribution in [0.3, 0.4) is 0 Å². The second-order valence-electron chi connectivity index (χ2n) is 5.41. The van der Waals surface area contributed by atoms with Gasteiger partial charge in [-0.25, -0.2) is 0 Å². The molecule has 1 aromatic carbocycles. The van der Waals surface area contributed by atoms with Gasteiger partial charge in [-0.15, -0.1) is 0 Å². The van der Waals surface area contributed by atoms with Crippen LogP contribution in [0.4, 0.5) is 5.69 Å². The SMILES string of the molecule is CC(C)(C)OCCN1C(=O)C(=O)c2ccc(Br)cc21. The molecule has 0 atom stereocenters. The van der Waals surface area contributed by atoms with E-state index in [1.165, 1.54) is 4.90 Å². The maximum Gasteiger partial charge on any atom is 0.299 e. The Kier molecular flexibility index (Phi) is 3.78. The summed E-state index contributed by atoms with van der Waals surface area (Å²) in [6.45, 7) is 6.64. The van der Waals surface area contributed by atoms with E-state index in [-0.39, 0.29) is 5.60 Å². The number of anilines is 1. The Morgan fingerprint density at radius 2 is 1.95 bits per heavy atom. The largest absolute Gasteiger partial charge is 0.374 e. The van der Waals surface area contributed by atoms with Gasteiger partial charge in [0.05, 0.1) is 23.5 Å². The van der Waals surface area contributed by atoms with Crippen molar-refractivity contribution in [2.24, 2.45) is 0 Å². The number of carbonyl (C=O) groups is 2. The van der Waals surface area contributed by atoms with Crippen LogP contribution < -0.4 is 4.90 Å². The number of fused-ring (bicyclic) bond motifs is 1. The van der Waals surface area contributed by atoms with E-state index in [0.717, 1.165) is 4.47 Å². The van der Waals surface area contributed by atoms with Gasteiger partial charge >= 0.3 is 0 Å². The molecule has 0 aromatic heterocycles. The smallest absolute Gasteiger partial charge is 0.299 e. The van der Waals surface area contributed by atoms with Crippen LogP contribution in [0, 0.1) is 0 Å². The summed E-state index contributed by atoms with van der Waals surface area (Å²) in [4.78, 5) is 25.2. The number of carbonyl (C=O) groups excluding carboxylic acids is 2. The molecule has 0 saturated carbocycles. The molecule has 0 radical (unpaired) electrons. The molecule has 1 aromatic rings. The van der Waals surface area contributed by atoms with E-state index in [1.54, 1.807) is 18.2 Å². The molecule has 2 rings (SSSR count). The molecule has 4 nitrogen and oxygen atoms in total. The van der Waals surface area contributed by atoms with Crippen LogP contribution in [0.25, 0.3) is 0 Å². The molecule has 0 saturated heterocycles. The zero-order chi connectivity index (χ0) is 14.2. The first-order valence-electron chi connectivity index (χ1n) is 6.09. The third-order valence-corrected chi connectivity index (χ3v) is 3.28. The van der Waals surface area contributed by atoms with E-state index < -0.39 is 11.7 Å². The van der Waals surface area contributed by atoms with Crippen molar-refractivity contribution in [3.05, 3.63) is 28.2 Å². The molecular weight excluding hydrogens is 310 g/mol. The topological polar surface area (TPSA) is 46.6 Å². The number of ether oxygens (including phenoxy) is 1. The van der Waals surface area contributed by atoms with E-state index in [2.05, 4.69) is 15.9 Å². The number of hydrogen-bond acceptors (Lipinski definition) is 3. The lowest BCUT2D eigenvalue weighted by Gasteiger charge is -2.22. The Hall–Kier alpha value is -1.20. The molecule has 102 valence electrons. The van der Waals surface area contributed by atoms with Crippen molar-refractivity contribution < 1.29 is 14.3 Å². The van der Waals surface area contributed by atoms with Crippen LogP contribution in [0.2, 0.25) is 0 Å². The highest BCUT2D eigenvalue weighted by molar-refractivity contribution is 9.10. The average Bonchev–Trinajstić information content (AvgIpc) is 2.52. The number of benzene rings is 1. The fourth-order valence-corrected chi connectivity index (χ4v) is 2.28. The third-order valence-electron chi connectivity index (χ3n) is 2.78. The summed E-state index contributed by atoms with van der Waals surface area (Å²) in [5.74, 6) is -0.927. The summed E-state index contributed by atoms with van der Waals surface area (Å²) < 4.78 is 6.45. The Bertz CT molecular complexity index is 534. The van der Waals surface area contributed by atoms with Crippen LogP contribution in [-0.2, 0) is 9.53 Å². The van der Waals surface area contributed by atoms with Gasteiger partial charge in [0, 0.05) is 11.0 Å². The zero-order valence-corrected chi connectivity index (χ0v) is 12.8. The molecule has 0 bridgehead atoms. The summed E-state index contributed by atoms with van der Waals surface area (Å²) in [5, 5.41) is 0.